The number of ether oxygens (including phenoxy) is 1. The van der Waals surface area contributed by atoms with Crippen LogP contribution in [-0.2, 0) is 9.53 Å². The molecular formula is C22H36N2O3. The van der Waals surface area contributed by atoms with E-state index in [1.54, 1.807) is 0 Å². The normalized spacial score (nSPS) is 32.1. The first-order valence-electron chi connectivity index (χ1n) is 10.5. The maximum absolute atomic E-state index is 13.2. The van der Waals surface area contributed by atoms with E-state index in [9.17, 15) is 9.90 Å². The minimum Gasteiger partial charge on any atom is -0.512 e. The van der Waals surface area contributed by atoms with E-state index in [1.165, 1.54) is 0 Å². The van der Waals surface area contributed by atoms with Gasteiger partial charge in [-0.2, -0.15) is 0 Å². The maximum atomic E-state index is 13.2. The number of nitrogens with one attached hydrogen (secondary N) is 1. The van der Waals surface area contributed by atoms with Crippen molar-refractivity contribution in [2.45, 2.75) is 60.0 Å². The third-order valence-corrected chi connectivity index (χ3v) is 6.56. The monoisotopic (exact) mass is 376 g/mol. The van der Waals surface area contributed by atoms with Crippen molar-refractivity contribution in [3.8, 4) is 0 Å². The SMILES string of the molecule is CC1=C2OC(C)(C(=O)N3CCNCC3)CCC2C(C(C)C)C(O)=C1C(C)C. The molecule has 5 nitrogen and oxygen atoms in total. The fraction of sp³-hybridized carbons (Fsp3) is 0.773. The lowest BCUT2D eigenvalue weighted by Crippen LogP contribution is -2.56. The second kappa shape index (κ2) is 7.50. The number of carbonyl (C=O) groups is 1. The Kier molecular flexibility index (Phi) is 5.62. The molecule has 2 fully saturated rings. The second-order valence-corrected chi connectivity index (χ2v) is 9.23. The Balaban J connectivity index is 1.95. The first-order valence-corrected chi connectivity index (χ1v) is 10.5. The summed E-state index contributed by atoms with van der Waals surface area (Å²) in [6.07, 6.45) is 1.57. The van der Waals surface area contributed by atoms with E-state index < -0.39 is 5.60 Å². The van der Waals surface area contributed by atoms with Gasteiger partial charge in [0.25, 0.3) is 5.91 Å². The molecule has 0 spiro atoms. The summed E-state index contributed by atoms with van der Waals surface area (Å²) in [4.78, 5) is 15.2. The molecule has 2 saturated heterocycles. The molecule has 0 aromatic carbocycles. The zero-order valence-electron chi connectivity index (χ0n) is 17.8. The lowest BCUT2D eigenvalue weighted by Gasteiger charge is -2.47. The predicted molar refractivity (Wildman–Crippen MR) is 107 cm³/mol. The van der Waals surface area contributed by atoms with Crippen LogP contribution in [0.15, 0.2) is 22.7 Å². The van der Waals surface area contributed by atoms with Gasteiger partial charge >= 0.3 is 0 Å². The van der Waals surface area contributed by atoms with E-state index in [1.807, 2.05) is 18.7 Å². The number of nitrogens with zero attached hydrogens (tertiary/aromatic N) is 1. The van der Waals surface area contributed by atoms with Gasteiger partial charge in [-0.1, -0.05) is 27.7 Å². The molecule has 0 bridgehead atoms. The summed E-state index contributed by atoms with van der Waals surface area (Å²) < 4.78 is 6.54. The molecule has 3 atom stereocenters. The van der Waals surface area contributed by atoms with Gasteiger partial charge in [0.1, 0.15) is 11.5 Å². The van der Waals surface area contributed by atoms with E-state index in [2.05, 4.69) is 33.0 Å². The Morgan fingerprint density at radius 3 is 2.44 bits per heavy atom. The van der Waals surface area contributed by atoms with Gasteiger partial charge in [0.2, 0.25) is 0 Å². The molecule has 2 aliphatic heterocycles. The van der Waals surface area contributed by atoms with Crippen LogP contribution in [0, 0.1) is 23.7 Å². The Bertz CT molecular complexity index is 658. The number of aliphatic hydroxyl groups excluding tert-OH is 1. The van der Waals surface area contributed by atoms with Crippen LogP contribution in [0.4, 0.5) is 0 Å². The summed E-state index contributed by atoms with van der Waals surface area (Å²) in [7, 11) is 0. The molecule has 5 heteroatoms. The molecule has 0 aromatic rings. The zero-order valence-corrected chi connectivity index (χ0v) is 17.8. The highest BCUT2D eigenvalue weighted by atomic mass is 16.5. The molecule has 2 N–H and O–H groups in total. The van der Waals surface area contributed by atoms with Gasteiger partial charge in [-0.25, -0.2) is 0 Å². The van der Waals surface area contributed by atoms with Crippen molar-refractivity contribution in [3.63, 3.8) is 0 Å². The van der Waals surface area contributed by atoms with Gasteiger partial charge in [-0.15, -0.1) is 0 Å². The summed E-state index contributed by atoms with van der Waals surface area (Å²) >= 11 is 0. The van der Waals surface area contributed by atoms with Crippen LogP contribution >= 0.6 is 0 Å². The number of amides is 1. The predicted octanol–water partition coefficient (Wildman–Crippen LogP) is 3.63. The standard InChI is InChI=1S/C22H36N2O3/c1-13(2)17-15(5)20-16(18(14(3)4)19(17)25)7-8-22(6,27-20)21(26)24-11-9-23-10-12-24/h13-14,16,18,23,25H,7-12H2,1-6H3. The van der Waals surface area contributed by atoms with E-state index in [-0.39, 0.29) is 23.7 Å². The quantitative estimate of drug-likeness (QED) is 0.790. The average molecular weight is 377 g/mol. The van der Waals surface area contributed by atoms with Gasteiger partial charge in [-0.3, -0.25) is 4.79 Å². The van der Waals surface area contributed by atoms with Crippen molar-refractivity contribution in [2.75, 3.05) is 26.2 Å². The van der Waals surface area contributed by atoms with Gasteiger partial charge in [-0.05, 0) is 49.7 Å². The Morgan fingerprint density at radius 1 is 1.26 bits per heavy atom. The number of rotatable bonds is 3. The Hall–Kier alpha value is -1.49. The number of hydrogen-bond acceptors (Lipinski definition) is 4. The van der Waals surface area contributed by atoms with Gasteiger partial charge in [0, 0.05) is 38.0 Å². The Morgan fingerprint density at radius 2 is 1.89 bits per heavy atom. The minimum absolute atomic E-state index is 0.0694. The van der Waals surface area contributed by atoms with Crippen LogP contribution in [0.3, 0.4) is 0 Å². The summed E-state index contributed by atoms with van der Waals surface area (Å²) in [5, 5.41) is 14.3. The number of allylic oxidation sites excluding steroid dienone is 4. The van der Waals surface area contributed by atoms with Crippen LogP contribution in [0.1, 0.15) is 54.4 Å². The van der Waals surface area contributed by atoms with Crippen molar-refractivity contribution in [1.29, 1.82) is 0 Å². The van der Waals surface area contributed by atoms with Crippen LogP contribution in [0.25, 0.3) is 0 Å². The summed E-state index contributed by atoms with van der Waals surface area (Å²) in [6.45, 7) is 15.7. The molecule has 3 rings (SSSR count). The van der Waals surface area contributed by atoms with Crippen molar-refractivity contribution in [1.82, 2.24) is 10.2 Å². The van der Waals surface area contributed by atoms with Crippen molar-refractivity contribution < 1.29 is 14.6 Å². The fourth-order valence-corrected chi connectivity index (χ4v) is 5.19. The van der Waals surface area contributed by atoms with Crippen LogP contribution in [0.5, 0.6) is 0 Å². The van der Waals surface area contributed by atoms with Crippen LogP contribution in [-0.4, -0.2) is 47.7 Å². The van der Waals surface area contributed by atoms with Gasteiger partial charge in [0.15, 0.2) is 5.60 Å². The number of carbonyl (C=O) groups excluding carboxylic acids is 1. The molecule has 27 heavy (non-hydrogen) atoms. The minimum atomic E-state index is -0.805. The summed E-state index contributed by atoms with van der Waals surface area (Å²) in [5.74, 6) is 2.36. The topological polar surface area (TPSA) is 61.8 Å². The van der Waals surface area contributed by atoms with Crippen LogP contribution in [0.2, 0.25) is 0 Å². The lowest BCUT2D eigenvalue weighted by molar-refractivity contribution is -0.159. The second-order valence-electron chi connectivity index (χ2n) is 9.23. The molecule has 152 valence electrons. The molecule has 3 aliphatic rings. The maximum Gasteiger partial charge on any atom is 0.266 e. The molecular weight excluding hydrogens is 340 g/mol. The average Bonchev–Trinajstić information content (AvgIpc) is 2.62. The summed E-state index contributed by atoms with van der Waals surface area (Å²) in [5.41, 5.74) is 1.23. The highest BCUT2D eigenvalue weighted by Crippen LogP contribution is 2.50. The van der Waals surface area contributed by atoms with Crippen LogP contribution < -0.4 is 5.32 Å². The first kappa shape index (κ1) is 20.2. The van der Waals surface area contributed by atoms with Gasteiger partial charge in [0.05, 0.1) is 0 Å². The number of hydrogen-bond donors (Lipinski definition) is 2. The molecule has 0 radical (unpaired) electrons. The smallest absolute Gasteiger partial charge is 0.266 e. The number of piperazine rings is 1. The van der Waals surface area contributed by atoms with E-state index in [0.717, 1.165) is 49.5 Å². The zero-order chi connectivity index (χ0) is 19.9. The van der Waals surface area contributed by atoms with E-state index in [0.29, 0.717) is 18.1 Å². The lowest BCUT2D eigenvalue weighted by atomic mass is 9.68. The molecule has 1 amide bonds. The Labute approximate surface area is 163 Å². The summed E-state index contributed by atoms with van der Waals surface area (Å²) in [6, 6.07) is 0. The molecule has 3 unspecified atom stereocenters. The third-order valence-electron chi connectivity index (χ3n) is 6.56. The van der Waals surface area contributed by atoms with Crippen molar-refractivity contribution >= 4 is 5.91 Å². The van der Waals surface area contributed by atoms with Crippen molar-refractivity contribution in [2.24, 2.45) is 23.7 Å². The number of aliphatic hydroxyl groups is 1. The molecule has 0 saturated carbocycles. The first-order chi connectivity index (χ1) is 12.7. The molecule has 1 aliphatic carbocycles. The largest absolute Gasteiger partial charge is 0.512 e. The molecule has 0 aromatic heterocycles. The van der Waals surface area contributed by atoms with Gasteiger partial charge < -0.3 is 20.1 Å². The number of fused-ring (bicyclic) bond motifs is 1. The highest BCUT2D eigenvalue weighted by Gasteiger charge is 2.49. The fourth-order valence-electron chi connectivity index (χ4n) is 5.19. The van der Waals surface area contributed by atoms with E-state index in [4.69, 9.17) is 4.74 Å². The highest BCUT2D eigenvalue weighted by molar-refractivity contribution is 5.85. The van der Waals surface area contributed by atoms with E-state index >= 15 is 0 Å². The van der Waals surface area contributed by atoms with Crippen molar-refractivity contribution in [3.05, 3.63) is 22.7 Å². The molecule has 2 heterocycles. The third kappa shape index (κ3) is 3.51.